The van der Waals surface area contributed by atoms with E-state index in [1.54, 1.807) is 0 Å². The quantitative estimate of drug-likeness (QED) is 0.791. The van der Waals surface area contributed by atoms with Crippen molar-refractivity contribution in [3.8, 4) is 0 Å². The van der Waals surface area contributed by atoms with E-state index < -0.39 is 6.04 Å². The minimum absolute atomic E-state index is 0.00553. The zero-order valence-electron chi connectivity index (χ0n) is 13.8. The molecule has 23 heavy (non-hydrogen) atoms. The molecule has 0 saturated heterocycles. The third-order valence-electron chi connectivity index (χ3n) is 5.15. The average molecular weight is 313 g/mol. The fourth-order valence-electron chi connectivity index (χ4n) is 3.80. The van der Waals surface area contributed by atoms with Crippen molar-refractivity contribution in [2.24, 2.45) is 5.73 Å². The first kappa shape index (κ1) is 16.1. The molecule has 0 spiro atoms. The molecule has 1 aromatic carbocycles. The molecule has 124 valence electrons. The Kier molecular flexibility index (Phi) is 5.01. The van der Waals surface area contributed by atoms with Crippen LogP contribution in [0.1, 0.15) is 56.9 Å². The van der Waals surface area contributed by atoms with Gasteiger partial charge in [0.2, 0.25) is 5.91 Å². The molecule has 0 bridgehead atoms. The van der Waals surface area contributed by atoms with Gasteiger partial charge in [0.25, 0.3) is 0 Å². The molecule has 1 aliphatic carbocycles. The Bertz CT molecular complexity index is 657. The molecule has 1 saturated carbocycles. The molecule has 2 atom stereocenters. The predicted octanol–water partition coefficient (Wildman–Crippen LogP) is 3.44. The fourth-order valence-corrected chi connectivity index (χ4v) is 3.80. The molecule has 2 aromatic rings. The maximum atomic E-state index is 12.6. The Hall–Kier alpha value is -1.81. The number of benzene rings is 1. The minimum atomic E-state index is -0.499. The van der Waals surface area contributed by atoms with E-state index in [4.69, 9.17) is 5.73 Å². The van der Waals surface area contributed by atoms with E-state index in [-0.39, 0.29) is 11.8 Å². The van der Waals surface area contributed by atoms with Crippen LogP contribution in [0.25, 0.3) is 10.9 Å². The van der Waals surface area contributed by atoms with Gasteiger partial charge in [0.15, 0.2) is 0 Å². The van der Waals surface area contributed by atoms with Crippen LogP contribution >= 0.6 is 0 Å². The Morgan fingerprint density at radius 1 is 1.30 bits per heavy atom. The summed E-state index contributed by atoms with van der Waals surface area (Å²) in [6.07, 6.45) is 8.73. The summed E-state index contributed by atoms with van der Waals surface area (Å²) in [7, 11) is 0. The molecular formula is C19H27N3O. The molecule has 1 aromatic heterocycles. The smallest absolute Gasteiger partial charge is 0.237 e. The zero-order valence-corrected chi connectivity index (χ0v) is 13.8. The van der Waals surface area contributed by atoms with Gasteiger partial charge in [-0.05, 0) is 30.9 Å². The Labute approximate surface area is 137 Å². The predicted molar refractivity (Wildman–Crippen MR) is 94.3 cm³/mol. The van der Waals surface area contributed by atoms with Crippen LogP contribution in [0.5, 0.6) is 0 Å². The van der Waals surface area contributed by atoms with Crippen LogP contribution in [-0.2, 0) is 4.79 Å². The zero-order chi connectivity index (χ0) is 16.2. The summed E-state index contributed by atoms with van der Waals surface area (Å²) in [6, 6.07) is 8.00. The van der Waals surface area contributed by atoms with Crippen LogP contribution in [-0.4, -0.2) is 23.0 Å². The molecular weight excluding hydrogens is 286 g/mol. The van der Waals surface area contributed by atoms with Gasteiger partial charge >= 0.3 is 0 Å². The van der Waals surface area contributed by atoms with Crippen molar-refractivity contribution < 1.29 is 4.79 Å². The molecule has 4 nitrogen and oxygen atoms in total. The topological polar surface area (TPSA) is 70.9 Å². The maximum Gasteiger partial charge on any atom is 0.237 e. The second kappa shape index (κ2) is 7.18. The molecule has 2 unspecified atom stereocenters. The highest BCUT2D eigenvalue weighted by molar-refractivity contribution is 5.87. The van der Waals surface area contributed by atoms with Gasteiger partial charge in [0.05, 0.1) is 6.04 Å². The number of nitrogens with two attached hydrogens (primary N) is 1. The molecule has 3 rings (SSSR count). The molecule has 0 aliphatic heterocycles. The second-order valence-electron chi connectivity index (χ2n) is 6.67. The van der Waals surface area contributed by atoms with E-state index in [1.165, 1.54) is 24.6 Å². The number of para-hydroxylation sites is 1. The van der Waals surface area contributed by atoms with Crippen LogP contribution in [0.3, 0.4) is 0 Å². The summed E-state index contributed by atoms with van der Waals surface area (Å²) in [5.74, 6) is 0.0313. The normalized spacial score (nSPS) is 18.7. The average Bonchev–Trinajstić information content (AvgIpc) is 3.00. The third-order valence-corrected chi connectivity index (χ3v) is 5.15. The number of carbonyl (C=O) groups excluding carboxylic acids is 1. The number of hydrogen-bond acceptors (Lipinski definition) is 2. The van der Waals surface area contributed by atoms with Gasteiger partial charge in [-0.15, -0.1) is 0 Å². The number of aromatic amines is 1. The van der Waals surface area contributed by atoms with Crippen LogP contribution in [0.4, 0.5) is 0 Å². The maximum absolute atomic E-state index is 12.6. The lowest BCUT2D eigenvalue weighted by Crippen LogP contribution is -2.48. The SMILES string of the molecule is CCC(c1c[nH]c2ccccc12)C(N)C(=O)NC1CCCCC1. The van der Waals surface area contributed by atoms with E-state index in [0.717, 1.165) is 30.3 Å². The lowest BCUT2D eigenvalue weighted by atomic mass is 9.88. The van der Waals surface area contributed by atoms with Crippen molar-refractivity contribution in [2.45, 2.75) is 63.5 Å². The van der Waals surface area contributed by atoms with Gasteiger partial charge in [0.1, 0.15) is 0 Å². The minimum Gasteiger partial charge on any atom is -0.361 e. The lowest BCUT2D eigenvalue weighted by molar-refractivity contribution is -0.123. The monoisotopic (exact) mass is 313 g/mol. The van der Waals surface area contributed by atoms with E-state index in [9.17, 15) is 4.79 Å². The highest BCUT2D eigenvalue weighted by atomic mass is 16.2. The standard InChI is InChI=1S/C19H27N3O/c1-2-14(16-12-21-17-11-7-6-10-15(16)17)18(20)19(23)22-13-8-4-3-5-9-13/h6-7,10-14,18,21H,2-5,8-9,20H2,1H3,(H,22,23). The third kappa shape index (κ3) is 3.42. The van der Waals surface area contributed by atoms with E-state index in [1.807, 2.05) is 18.3 Å². The van der Waals surface area contributed by atoms with Gasteiger partial charge in [0, 0.05) is 29.1 Å². The van der Waals surface area contributed by atoms with E-state index in [2.05, 4.69) is 29.4 Å². The number of amides is 1. The van der Waals surface area contributed by atoms with Crippen molar-refractivity contribution in [3.05, 3.63) is 36.0 Å². The van der Waals surface area contributed by atoms with Crippen LogP contribution < -0.4 is 11.1 Å². The number of H-pyrrole nitrogens is 1. The van der Waals surface area contributed by atoms with E-state index in [0.29, 0.717) is 6.04 Å². The van der Waals surface area contributed by atoms with E-state index >= 15 is 0 Å². The summed E-state index contributed by atoms with van der Waals surface area (Å²) in [4.78, 5) is 15.9. The largest absolute Gasteiger partial charge is 0.361 e. The van der Waals surface area contributed by atoms with Gasteiger partial charge in [-0.25, -0.2) is 0 Å². The summed E-state index contributed by atoms with van der Waals surface area (Å²) in [5, 5.41) is 4.34. The summed E-state index contributed by atoms with van der Waals surface area (Å²) in [6.45, 7) is 2.10. The first-order valence-corrected chi connectivity index (χ1v) is 8.82. The highest BCUT2D eigenvalue weighted by Crippen LogP contribution is 2.30. The fraction of sp³-hybridized carbons (Fsp3) is 0.526. The molecule has 1 fully saturated rings. The van der Waals surface area contributed by atoms with Crippen molar-refractivity contribution in [2.75, 3.05) is 0 Å². The first-order valence-electron chi connectivity index (χ1n) is 8.82. The van der Waals surface area contributed by atoms with Gasteiger partial charge in [-0.3, -0.25) is 4.79 Å². The molecule has 1 heterocycles. The van der Waals surface area contributed by atoms with Crippen LogP contribution in [0, 0.1) is 0 Å². The number of carbonyl (C=O) groups is 1. The Balaban J connectivity index is 1.75. The number of nitrogens with one attached hydrogen (secondary N) is 2. The van der Waals surface area contributed by atoms with Crippen molar-refractivity contribution in [3.63, 3.8) is 0 Å². The van der Waals surface area contributed by atoms with Crippen molar-refractivity contribution in [1.82, 2.24) is 10.3 Å². The molecule has 0 radical (unpaired) electrons. The van der Waals surface area contributed by atoms with Gasteiger partial charge in [-0.2, -0.15) is 0 Å². The number of rotatable bonds is 5. The summed E-state index contributed by atoms with van der Waals surface area (Å²) in [5.41, 5.74) is 8.59. The lowest BCUT2D eigenvalue weighted by Gasteiger charge is -2.27. The number of fused-ring (bicyclic) bond motifs is 1. The Morgan fingerprint density at radius 3 is 2.78 bits per heavy atom. The summed E-state index contributed by atoms with van der Waals surface area (Å²) < 4.78 is 0. The second-order valence-corrected chi connectivity index (χ2v) is 6.67. The summed E-state index contributed by atoms with van der Waals surface area (Å²) >= 11 is 0. The van der Waals surface area contributed by atoms with Crippen LogP contribution in [0.2, 0.25) is 0 Å². The molecule has 1 amide bonds. The first-order chi connectivity index (χ1) is 11.2. The molecule has 4 N–H and O–H groups in total. The number of aromatic nitrogens is 1. The molecule has 1 aliphatic rings. The van der Waals surface area contributed by atoms with Crippen molar-refractivity contribution in [1.29, 1.82) is 0 Å². The highest BCUT2D eigenvalue weighted by Gasteiger charge is 2.28. The number of hydrogen-bond donors (Lipinski definition) is 3. The van der Waals surface area contributed by atoms with Gasteiger partial charge < -0.3 is 16.0 Å². The van der Waals surface area contributed by atoms with Gasteiger partial charge in [-0.1, -0.05) is 44.4 Å². The molecule has 4 heteroatoms. The van der Waals surface area contributed by atoms with Crippen LogP contribution in [0.15, 0.2) is 30.5 Å². The Morgan fingerprint density at radius 2 is 2.04 bits per heavy atom. The van der Waals surface area contributed by atoms with Crippen molar-refractivity contribution >= 4 is 16.8 Å².